The molecule has 0 saturated carbocycles. The number of hydrogen-bond acceptors (Lipinski definition) is 4. The summed E-state index contributed by atoms with van der Waals surface area (Å²) in [4.78, 5) is 0. The molecule has 0 aliphatic carbocycles. The molecule has 0 aromatic heterocycles. The van der Waals surface area contributed by atoms with E-state index in [1.165, 1.54) is 48.5 Å². The fourth-order valence-electron chi connectivity index (χ4n) is 4.85. The van der Waals surface area contributed by atoms with Gasteiger partial charge in [-0.2, -0.15) is 0 Å². The van der Waals surface area contributed by atoms with Crippen molar-refractivity contribution in [2.75, 3.05) is 0 Å². The largest absolute Gasteiger partial charge is 0.505 e. The van der Waals surface area contributed by atoms with Crippen molar-refractivity contribution in [3.8, 4) is 23.0 Å². The number of aromatic hydroxyl groups is 4. The zero-order chi connectivity index (χ0) is 28.6. The van der Waals surface area contributed by atoms with Gasteiger partial charge in [-0.05, 0) is 81.9 Å². The quantitative estimate of drug-likeness (QED) is 0.132. The number of phenols is 4. The van der Waals surface area contributed by atoms with E-state index >= 15 is 0 Å². The first-order chi connectivity index (χ1) is 19.1. The van der Waals surface area contributed by atoms with Crippen molar-refractivity contribution in [3.63, 3.8) is 0 Å². The van der Waals surface area contributed by atoms with Gasteiger partial charge in [0, 0.05) is 11.8 Å². The lowest BCUT2D eigenvalue weighted by Crippen LogP contribution is -2.07. The lowest BCUT2D eigenvalue weighted by atomic mass is 9.81. The van der Waals surface area contributed by atoms with Crippen LogP contribution >= 0.6 is 0 Å². The molecule has 4 N–H and O–H groups in total. The van der Waals surface area contributed by atoms with Crippen LogP contribution in [0.1, 0.15) is 45.2 Å². The third-order valence-corrected chi connectivity index (χ3v) is 6.82. The molecule has 8 heteroatoms. The maximum absolute atomic E-state index is 14.3. The third-order valence-electron chi connectivity index (χ3n) is 6.82. The predicted molar refractivity (Wildman–Crippen MR) is 141 cm³/mol. The van der Waals surface area contributed by atoms with Crippen LogP contribution in [-0.4, -0.2) is 20.4 Å². The van der Waals surface area contributed by atoms with Crippen LogP contribution in [-0.2, 0) is 0 Å². The van der Waals surface area contributed by atoms with Gasteiger partial charge >= 0.3 is 0 Å². The molecule has 0 spiro atoms. The van der Waals surface area contributed by atoms with Crippen molar-refractivity contribution in [1.29, 1.82) is 0 Å². The zero-order valence-electron chi connectivity index (χ0n) is 20.7. The third kappa shape index (κ3) is 5.16. The first kappa shape index (κ1) is 26.6. The number of benzene rings is 5. The Hall–Kier alpha value is -4.98. The standard InChI is InChI=1S/C32H22F4O4/c33-23-13-19(5-9-27(23)37)31(20-6-10-28(38)24(34)14-20)17-1-2-18(4-3-17)32(21-7-11-29(39)25(35)15-21)22-8-12-30(40)26(36)16-22/h1-16,31-32,37-40H. The van der Waals surface area contributed by atoms with Crippen LogP contribution in [0.5, 0.6) is 23.0 Å². The number of halogens is 4. The van der Waals surface area contributed by atoms with E-state index in [-0.39, 0.29) is 0 Å². The summed E-state index contributed by atoms with van der Waals surface area (Å²) in [7, 11) is 0. The molecular formula is C32H22F4O4. The summed E-state index contributed by atoms with van der Waals surface area (Å²) in [6.07, 6.45) is 0. The molecule has 0 aliphatic rings. The van der Waals surface area contributed by atoms with Gasteiger partial charge < -0.3 is 20.4 Å². The second-order valence-corrected chi connectivity index (χ2v) is 9.38. The van der Waals surface area contributed by atoms with Crippen LogP contribution in [0.2, 0.25) is 0 Å². The highest BCUT2D eigenvalue weighted by atomic mass is 19.1. The topological polar surface area (TPSA) is 80.9 Å². The van der Waals surface area contributed by atoms with Crippen LogP contribution < -0.4 is 0 Å². The van der Waals surface area contributed by atoms with E-state index in [0.29, 0.717) is 33.4 Å². The van der Waals surface area contributed by atoms with Gasteiger partial charge in [-0.3, -0.25) is 0 Å². The van der Waals surface area contributed by atoms with E-state index in [4.69, 9.17) is 0 Å². The molecule has 0 radical (unpaired) electrons. The number of phenolic OH excluding ortho intramolecular Hbond substituents is 4. The van der Waals surface area contributed by atoms with E-state index in [1.807, 2.05) is 0 Å². The van der Waals surface area contributed by atoms with Crippen LogP contribution in [0.4, 0.5) is 17.6 Å². The summed E-state index contributed by atoms with van der Waals surface area (Å²) in [6.45, 7) is 0. The highest BCUT2D eigenvalue weighted by Gasteiger charge is 2.23. The molecule has 202 valence electrons. The minimum absolute atomic E-state index is 0.408. The maximum Gasteiger partial charge on any atom is 0.165 e. The van der Waals surface area contributed by atoms with E-state index in [9.17, 15) is 38.0 Å². The summed E-state index contributed by atoms with van der Waals surface area (Å²) in [6, 6.07) is 22.2. The van der Waals surface area contributed by atoms with E-state index in [0.717, 1.165) is 24.3 Å². The van der Waals surface area contributed by atoms with Gasteiger partial charge in [0.2, 0.25) is 0 Å². The van der Waals surface area contributed by atoms with Gasteiger partial charge in [0.05, 0.1) is 0 Å². The fraction of sp³-hybridized carbons (Fsp3) is 0.0625. The van der Waals surface area contributed by atoms with Crippen molar-refractivity contribution in [3.05, 3.63) is 154 Å². The smallest absolute Gasteiger partial charge is 0.165 e. The summed E-state index contributed by atoms with van der Waals surface area (Å²) in [5.74, 6) is -7.00. The fourth-order valence-corrected chi connectivity index (χ4v) is 4.85. The minimum Gasteiger partial charge on any atom is -0.505 e. The molecule has 0 heterocycles. The van der Waals surface area contributed by atoms with Crippen molar-refractivity contribution < 1.29 is 38.0 Å². The van der Waals surface area contributed by atoms with Crippen LogP contribution in [0, 0.1) is 23.3 Å². The summed E-state index contributed by atoms with van der Waals surface area (Å²) >= 11 is 0. The Morgan fingerprint density at radius 3 is 0.725 bits per heavy atom. The molecule has 5 aromatic carbocycles. The molecular weight excluding hydrogens is 524 g/mol. The molecule has 0 bridgehead atoms. The van der Waals surface area contributed by atoms with Gasteiger partial charge in [-0.25, -0.2) is 17.6 Å². The Kier molecular flexibility index (Phi) is 7.09. The lowest BCUT2D eigenvalue weighted by molar-refractivity contribution is 0.430. The molecule has 5 aromatic rings. The Morgan fingerprint density at radius 2 is 0.525 bits per heavy atom. The molecule has 5 rings (SSSR count). The lowest BCUT2D eigenvalue weighted by Gasteiger charge is -2.22. The van der Waals surface area contributed by atoms with E-state index in [1.54, 1.807) is 24.3 Å². The highest BCUT2D eigenvalue weighted by molar-refractivity contribution is 5.50. The molecule has 4 nitrogen and oxygen atoms in total. The van der Waals surface area contributed by atoms with E-state index < -0.39 is 58.1 Å². The summed E-state index contributed by atoms with van der Waals surface area (Å²) < 4.78 is 57.3. The second kappa shape index (κ2) is 10.6. The average molecular weight is 547 g/mol. The highest BCUT2D eigenvalue weighted by Crippen LogP contribution is 2.39. The molecule has 0 unspecified atom stereocenters. The Balaban J connectivity index is 1.63. The normalized spacial score (nSPS) is 11.3. The molecule has 0 atom stereocenters. The van der Waals surface area contributed by atoms with Gasteiger partial charge in [0.15, 0.2) is 46.3 Å². The van der Waals surface area contributed by atoms with Crippen molar-refractivity contribution in [2.24, 2.45) is 0 Å². The van der Waals surface area contributed by atoms with Crippen molar-refractivity contribution in [1.82, 2.24) is 0 Å². The SMILES string of the molecule is Oc1ccc(C(c2ccc(C(c3ccc(O)c(F)c3)c3ccc(O)c(F)c3)cc2)c2ccc(O)c(F)c2)cc1F. The van der Waals surface area contributed by atoms with Gasteiger partial charge in [-0.15, -0.1) is 0 Å². The Labute approximate surface area is 226 Å². The van der Waals surface area contributed by atoms with E-state index in [2.05, 4.69) is 0 Å². The minimum atomic E-state index is -0.859. The molecule has 0 aliphatic heterocycles. The molecule has 0 fully saturated rings. The van der Waals surface area contributed by atoms with Crippen LogP contribution in [0.25, 0.3) is 0 Å². The van der Waals surface area contributed by atoms with Crippen LogP contribution in [0.3, 0.4) is 0 Å². The first-order valence-electron chi connectivity index (χ1n) is 12.2. The van der Waals surface area contributed by atoms with Gasteiger partial charge in [-0.1, -0.05) is 48.5 Å². The van der Waals surface area contributed by atoms with Crippen LogP contribution in [0.15, 0.2) is 97.1 Å². The monoisotopic (exact) mass is 546 g/mol. The summed E-state index contributed by atoms with van der Waals surface area (Å²) in [5, 5.41) is 38.7. The van der Waals surface area contributed by atoms with Crippen molar-refractivity contribution >= 4 is 0 Å². The first-order valence-corrected chi connectivity index (χ1v) is 12.2. The maximum atomic E-state index is 14.3. The average Bonchev–Trinajstić information content (AvgIpc) is 2.93. The molecule has 40 heavy (non-hydrogen) atoms. The van der Waals surface area contributed by atoms with Crippen molar-refractivity contribution in [2.45, 2.75) is 11.8 Å². The molecule has 0 amide bonds. The van der Waals surface area contributed by atoms with Gasteiger partial charge in [0.25, 0.3) is 0 Å². The Morgan fingerprint density at radius 1 is 0.325 bits per heavy atom. The number of hydrogen-bond donors (Lipinski definition) is 4. The Bertz CT molecular complexity index is 1470. The molecule has 0 saturated heterocycles. The predicted octanol–water partition coefficient (Wildman–Crippen LogP) is 7.43. The second-order valence-electron chi connectivity index (χ2n) is 9.38. The zero-order valence-corrected chi connectivity index (χ0v) is 20.7. The van der Waals surface area contributed by atoms with Gasteiger partial charge in [0.1, 0.15) is 0 Å². The number of rotatable bonds is 6. The summed E-state index contributed by atoms with van der Waals surface area (Å²) in [5.41, 5.74) is 2.84.